The first-order valence-corrected chi connectivity index (χ1v) is 6.06. The molecule has 2 aromatic rings. The van der Waals surface area contributed by atoms with Crippen LogP contribution < -0.4 is 0 Å². The van der Waals surface area contributed by atoms with Gasteiger partial charge < -0.3 is 9.63 Å². The van der Waals surface area contributed by atoms with Gasteiger partial charge in [0.25, 0.3) is 0 Å². The van der Waals surface area contributed by atoms with Crippen molar-refractivity contribution < 1.29 is 18.4 Å². The zero-order valence-electron chi connectivity index (χ0n) is 10.4. The monoisotopic (exact) mass is 268 g/mol. The maximum atomic E-state index is 13.1. The minimum atomic E-state index is -0.963. The highest BCUT2D eigenvalue weighted by Crippen LogP contribution is 2.19. The minimum Gasteiger partial charge on any atom is -0.393 e. The first kappa shape index (κ1) is 13.6. The maximum Gasteiger partial charge on any atom is 0.229 e. The largest absolute Gasteiger partial charge is 0.393 e. The predicted molar refractivity (Wildman–Crippen MR) is 64.3 cm³/mol. The molecule has 1 atom stereocenters. The first-order valence-electron chi connectivity index (χ1n) is 6.06. The van der Waals surface area contributed by atoms with Gasteiger partial charge in [-0.05, 0) is 24.6 Å². The molecule has 0 aliphatic carbocycles. The molecule has 0 aliphatic rings. The molecule has 4 nitrogen and oxygen atoms in total. The predicted octanol–water partition coefficient (Wildman–Crippen LogP) is 2.72. The van der Waals surface area contributed by atoms with Crippen molar-refractivity contribution in [2.24, 2.45) is 0 Å². The molecule has 0 saturated heterocycles. The van der Waals surface area contributed by atoms with Gasteiger partial charge >= 0.3 is 0 Å². The molecule has 1 aromatic heterocycles. The standard InChI is InChI=1S/C13H14F2N2O2/c1-2-3-9(18)7-12-16-13(17-19-12)8-4-5-10(14)11(15)6-8/h4-6,9,18H,2-3,7H2,1H3. The Kier molecular flexibility index (Phi) is 4.21. The van der Waals surface area contributed by atoms with Crippen LogP contribution >= 0.6 is 0 Å². The van der Waals surface area contributed by atoms with Gasteiger partial charge in [0.2, 0.25) is 11.7 Å². The Hall–Kier alpha value is -1.82. The van der Waals surface area contributed by atoms with Crippen LogP contribution in [0.3, 0.4) is 0 Å². The molecule has 19 heavy (non-hydrogen) atoms. The zero-order chi connectivity index (χ0) is 13.8. The molecule has 0 bridgehead atoms. The second-order valence-electron chi connectivity index (χ2n) is 4.29. The van der Waals surface area contributed by atoms with Crippen molar-refractivity contribution in [2.45, 2.75) is 32.3 Å². The average molecular weight is 268 g/mol. The lowest BCUT2D eigenvalue weighted by molar-refractivity contribution is 0.152. The highest BCUT2D eigenvalue weighted by Gasteiger charge is 2.14. The zero-order valence-corrected chi connectivity index (χ0v) is 10.4. The number of benzene rings is 1. The summed E-state index contributed by atoms with van der Waals surface area (Å²) in [4.78, 5) is 4.05. The van der Waals surface area contributed by atoms with Gasteiger partial charge in [0, 0.05) is 5.56 Å². The van der Waals surface area contributed by atoms with Gasteiger partial charge in [-0.1, -0.05) is 18.5 Å². The van der Waals surface area contributed by atoms with Crippen LogP contribution in [0.25, 0.3) is 11.4 Å². The van der Waals surface area contributed by atoms with Crippen LogP contribution in [0.5, 0.6) is 0 Å². The number of nitrogens with zero attached hydrogens (tertiary/aromatic N) is 2. The van der Waals surface area contributed by atoms with Gasteiger partial charge in [0.05, 0.1) is 12.5 Å². The van der Waals surface area contributed by atoms with Crippen LogP contribution in [0.15, 0.2) is 22.7 Å². The van der Waals surface area contributed by atoms with Gasteiger partial charge in [-0.3, -0.25) is 0 Å². The van der Waals surface area contributed by atoms with Gasteiger partial charge in [-0.25, -0.2) is 8.78 Å². The third kappa shape index (κ3) is 3.35. The highest BCUT2D eigenvalue weighted by molar-refractivity contribution is 5.54. The number of halogens is 2. The van der Waals surface area contributed by atoms with Gasteiger partial charge in [-0.2, -0.15) is 4.98 Å². The lowest BCUT2D eigenvalue weighted by atomic mass is 10.1. The summed E-state index contributed by atoms with van der Waals surface area (Å²) in [6.45, 7) is 1.96. The number of aliphatic hydroxyl groups is 1. The van der Waals surface area contributed by atoms with E-state index < -0.39 is 17.7 Å². The molecule has 0 spiro atoms. The molecule has 0 saturated carbocycles. The van der Waals surface area contributed by atoms with Crippen LogP contribution in [0.2, 0.25) is 0 Å². The Labute approximate surface area is 109 Å². The molecular weight excluding hydrogens is 254 g/mol. The lowest BCUT2D eigenvalue weighted by Crippen LogP contribution is -2.09. The van der Waals surface area contributed by atoms with Gasteiger partial charge in [0.15, 0.2) is 11.6 Å². The lowest BCUT2D eigenvalue weighted by Gasteiger charge is -2.03. The van der Waals surface area contributed by atoms with Crippen molar-refractivity contribution in [3.05, 3.63) is 35.7 Å². The average Bonchev–Trinajstić information content (AvgIpc) is 2.81. The van der Waals surface area contributed by atoms with Crippen LogP contribution in [-0.2, 0) is 6.42 Å². The molecule has 102 valence electrons. The van der Waals surface area contributed by atoms with E-state index in [1.54, 1.807) is 0 Å². The number of rotatable bonds is 5. The topological polar surface area (TPSA) is 59.2 Å². The van der Waals surface area contributed by atoms with Gasteiger partial charge in [0.1, 0.15) is 0 Å². The third-order valence-corrected chi connectivity index (χ3v) is 2.68. The molecule has 1 heterocycles. The number of hydrogen-bond donors (Lipinski definition) is 1. The Bertz CT molecular complexity index is 557. The molecule has 0 fully saturated rings. The van der Waals surface area contributed by atoms with Crippen LogP contribution in [-0.4, -0.2) is 21.4 Å². The summed E-state index contributed by atoms with van der Waals surface area (Å²) < 4.78 is 30.9. The SMILES string of the molecule is CCCC(O)Cc1nc(-c2ccc(F)c(F)c2)no1. The second kappa shape index (κ2) is 5.88. The summed E-state index contributed by atoms with van der Waals surface area (Å²) >= 11 is 0. The Morgan fingerprint density at radius 3 is 2.79 bits per heavy atom. The molecular formula is C13H14F2N2O2. The van der Waals surface area contributed by atoms with E-state index in [1.165, 1.54) is 6.07 Å². The summed E-state index contributed by atoms with van der Waals surface area (Å²) in [5, 5.41) is 13.3. The molecule has 0 aliphatic heterocycles. The second-order valence-corrected chi connectivity index (χ2v) is 4.29. The first-order chi connectivity index (χ1) is 9.10. The third-order valence-electron chi connectivity index (χ3n) is 2.68. The van der Waals surface area contributed by atoms with Crippen molar-refractivity contribution >= 4 is 0 Å². The van der Waals surface area contributed by atoms with E-state index in [0.29, 0.717) is 12.0 Å². The minimum absolute atomic E-state index is 0.178. The van der Waals surface area contributed by atoms with Crippen molar-refractivity contribution in [3.8, 4) is 11.4 Å². The quantitative estimate of drug-likeness (QED) is 0.905. The summed E-state index contributed by atoms with van der Waals surface area (Å²) in [5.74, 6) is -1.43. The van der Waals surface area contributed by atoms with Crippen molar-refractivity contribution in [2.75, 3.05) is 0 Å². The molecule has 6 heteroatoms. The highest BCUT2D eigenvalue weighted by atomic mass is 19.2. The molecule has 2 rings (SSSR count). The number of aromatic nitrogens is 2. The molecule has 1 unspecified atom stereocenters. The molecule has 0 radical (unpaired) electrons. The smallest absolute Gasteiger partial charge is 0.229 e. The molecule has 1 N–H and O–H groups in total. The summed E-state index contributed by atoms with van der Waals surface area (Å²) in [5.41, 5.74) is 0.332. The fourth-order valence-electron chi connectivity index (χ4n) is 1.73. The Morgan fingerprint density at radius 2 is 2.11 bits per heavy atom. The summed E-state index contributed by atoms with van der Waals surface area (Å²) in [6, 6.07) is 3.38. The van der Waals surface area contributed by atoms with E-state index in [2.05, 4.69) is 10.1 Å². The van der Waals surface area contributed by atoms with Crippen LogP contribution in [0, 0.1) is 11.6 Å². The normalized spacial score (nSPS) is 12.6. The molecule has 0 amide bonds. The van der Waals surface area contributed by atoms with E-state index in [0.717, 1.165) is 18.6 Å². The summed E-state index contributed by atoms with van der Waals surface area (Å²) in [6.07, 6.45) is 1.21. The number of aliphatic hydroxyl groups excluding tert-OH is 1. The summed E-state index contributed by atoms with van der Waals surface area (Å²) in [7, 11) is 0. The fourth-order valence-corrected chi connectivity index (χ4v) is 1.73. The van der Waals surface area contributed by atoms with E-state index >= 15 is 0 Å². The Morgan fingerprint density at radius 1 is 1.32 bits per heavy atom. The van der Waals surface area contributed by atoms with E-state index in [9.17, 15) is 13.9 Å². The fraction of sp³-hybridized carbons (Fsp3) is 0.385. The van der Waals surface area contributed by atoms with E-state index in [4.69, 9.17) is 4.52 Å². The Balaban J connectivity index is 2.14. The van der Waals surface area contributed by atoms with Crippen LogP contribution in [0.4, 0.5) is 8.78 Å². The molecule has 1 aromatic carbocycles. The van der Waals surface area contributed by atoms with Crippen molar-refractivity contribution in [1.29, 1.82) is 0 Å². The van der Waals surface area contributed by atoms with Crippen molar-refractivity contribution in [3.63, 3.8) is 0 Å². The van der Waals surface area contributed by atoms with Crippen LogP contribution in [0.1, 0.15) is 25.7 Å². The maximum absolute atomic E-state index is 13.1. The van der Waals surface area contributed by atoms with E-state index in [1.807, 2.05) is 6.92 Å². The number of hydrogen-bond acceptors (Lipinski definition) is 4. The van der Waals surface area contributed by atoms with E-state index in [-0.39, 0.29) is 18.1 Å². The van der Waals surface area contributed by atoms with Crippen molar-refractivity contribution in [1.82, 2.24) is 10.1 Å². The van der Waals surface area contributed by atoms with Gasteiger partial charge in [-0.15, -0.1) is 0 Å².